The molecule has 3 nitrogen and oxygen atoms in total. The molecule has 1 aromatic carbocycles. The van der Waals surface area contributed by atoms with Crippen LogP contribution in [0.2, 0.25) is 0 Å². The van der Waals surface area contributed by atoms with Crippen LogP contribution in [0.4, 0.5) is 0 Å². The molecule has 2 aromatic rings. The Morgan fingerprint density at radius 3 is 2.74 bits per heavy atom. The molecule has 102 valence electrons. The van der Waals surface area contributed by atoms with E-state index in [1.807, 2.05) is 17.5 Å². The molecule has 0 radical (unpaired) electrons. The Kier molecular flexibility index (Phi) is 5.36. The monoisotopic (exact) mass is 276 g/mol. The van der Waals surface area contributed by atoms with Gasteiger partial charge in [0.15, 0.2) is 0 Å². The number of hydrogen-bond acceptors (Lipinski definition) is 4. The molecule has 1 N–H and O–H groups in total. The number of thiazole rings is 1. The third-order valence-electron chi connectivity index (χ3n) is 2.93. The van der Waals surface area contributed by atoms with Crippen molar-refractivity contribution < 1.29 is 4.74 Å². The normalized spacial score (nSPS) is 12.3. The summed E-state index contributed by atoms with van der Waals surface area (Å²) in [6, 6.07) is 8.66. The van der Waals surface area contributed by atoms with Crippen LogP contribution in [0.1, 0.15) is 36.9 Å². The van der Waals surface area contributed by atoms with Gasteiger partial charge in [-0.3, -0.25) is 0 Å². The molecule has 0 saturated heterocycles. The summed E-state index contributed by atoms with van der Waals surface area (Å²) in [5.41, 5.74) is 1.29. The summed E-state index contributed by atoms with van der Waals surface area (Å²) in [7, 11) is 0. The first kappa shape index (κ1) is 14.0. The van der Waals surface area contributed by atoms with E-state index in [2.05, 4.69) is 36.3 Å². The molecule has 0 amide bonds. The molecule has 19 heavy (non-hydrogen) atoms. The van der Waals surface area contributed by atoms with Gasteiger partial charge >= 0.3 is 0 Å². The Labute approximate surface area is 118 Å². The van der Waals surface area contributed by atoms with Gasteiger partial charge in [-0.1, -0.05) is 19.1 Å². The smallest absolute Gasteiger partial charge is 0.140 e. The van der Waals surface area contributed by atoms with E-state index in [1.54, 1.807) is 17.5 Å². The SMILES string of the molecule is CCCNC(C)c1ccc(OCc2nccs2)cc1. The van der Waals surface area contributed by atoms with E-state index in [0.29, 0.717) is 12.6 Å². The van der Waals surface area contributed by atoms with Crippen molar-refractivity contribution >= 4 is 11.3 Å². The van der Waals surface area contributed by atoms with Gasteiger partial charge in [0, 0.05) is 17.6 Å². The molecule has 0 aliphatic carbocycles. The van der Waals surface area contributed by atoms with E-state index in [4.69, 9.17) is 4.74 Å². The average Bonchev–Trinajstić information content (AvgIpc) is 2.96. The van der Waals surface area contributed by atoms with Crippen LogP contribution < -0.4 is 10.1 Å². The lowest BCUT2D eigenvalue weighted by molar-refractivity contribution is 0.305. The predicted molar refractivity (Wildman–Crippen MR) is 79.6 cm³/mol. The van der Waals surface area contributed by atoms with Crippen LogP contribution >= 0.6 is 11.3 Å². The highest BCUT2D eigenvalue weighted by molar-refractivity contribution is 7.09. The van der Waals surface area contributed by atoms with E-state index in [1.165, 1.54) is 5.56 Å². The first-order valence-electron chi connectivity index (χ1n) is 6.64. The Morgan fingerprint density at radius 1 is 1.32 bits per heavy atom. The van der Waals surface area contributed by atoms with Crippen LogP contribution in [0.3, 0.4) is 0 Å². The van der Waals surface area contributed by atoms with Crippen molar-refractivity contribution in [2.24, 2.45) is 0 Å². The van der Waals surface area contributed by atoms with Gasteiger partial charge in [0.1, 0.15) is 17.4 Å². The molecule has 1 heterocycles. The highest BCUT2D eigenvalue weighted by Gasteiger charge is 2.04. The quantitative estimate of drug-likeness (QED) is 0.835. The second-order valence-corrected chi connectivity index (χ2v) is 5.44. The fraction of sp³-hybridized carbons (Fsp3) is 0.400. The van der Waals surface area contributed by atoms with Crippen LogP contribution in [-0.4, -0.2) is 11.5 Å². The topological polar surface area (TPSA) is 34.1 Å². The van der Waals surface area contributed by atoms with Crippen molar-refractivity contribution in [2.45, 2.75) is 32.9 Å². The molecule has 1 atom stereocenters. The molecule has 0 saturated carbocycles. The van der Waals surface area contributed by atoms with E-state index in [0.717, 1.165) is 23.7 Å². The summed E-state index contributed by atoms with van der Waals surface area (Å²) >= 11 is 1.61. The van der Waals surface area contributed by atoms with Gasteiger partial charge in [-0.2, -0.15) is 0 Å². The number of ether oxygens (including phenoxy) is 1. The van der Waals surface area contributed by atoms with Crippen LogP contribution in [0.25, 0.3) is 0 Å². The molecular formula is C15H20N2OS. The van der Waals surface area contributed by atoms with Gasteiger partial charge < -0.3 is 10.1 Å². The molecule has 0 fully saturated rings. The molecule has 2 rings (SSSR count). The maximum atomic E-state index is 5.69. The van der Waals surface area contributed by atoms with Crippen molar-refractivity contribution in [2.75, 3.05) is 6.54 Å². The van der Waals surface area contributed by atoms with Crippen LogP contribution in [0, 0.1) is 0 Å². The molecule has 1 aromatic heterocycles. The Balaban J connectivity index is 1.87. The predicted octanol–water partition coefficient (Wildman–Crippen LogP) is 3.78. The third-order valence-corrected chi connectivity index (χ3v) is 3.68. The molecule has 0 aliphatic rings. The van der Waals surface area contributed by atoms with Gasteiger partial charge in [-0.05, 0) is 37.6 Å². The van der Waals surface area contributed by atoms with Crippen molar-refractivity contribution in [1.82, 2.24) is 10.3 Å². The lowest BCUT2D eigenvalue weighted by Crippen LogP contribution is -2.19. The van der Waals surface area contributed by atoms with Crippen molar-refractivity contribution in [1.29, 1.82) is 0 Å². The number of aromatic nitrogens is 1. The summed E-state index contributed by atoms with van der Waals surface area (Å²) in [4.78, 5) is 4.19. The van der Waals surface area contributed by atoms with Crippen molar-refractivity contribution in [3.63, 3.8) is 0 Å². The fourth-order valence-electron chi connectivity index (χ4n) is 1.80. The van der Waals surface area contributed by atoms with Gasteiger partial charge in [-0.15, -0.1) is 11.3 Å². The van der Waals surface area contributed by atoms with E-state index in [-0.39, 0.29) is 0 Å². The zero-order valence-electron chi connectivity index (χ0n) is 11.4. The third kappa shape index (κ3) is 4.33. The molecular weight excluding hydrogens is 256 g/mol. The summed E-state index contributed by atoms with van der Waals surface area (Å²) in [5, 5.41) is 6.44. The largest absolute Gasteiger partial charge is 0.486 e. The minimum atomic E-state index is 0.382. The van der Waals surface area contributed by atoms with Crippen LogP contribution in [0.15, 0.2) is 35.8 Å². The summed E-state index contributed by atoms with van der Waals surface area (Å²) in [6.45, 7) is 5.94. The zero-order valence-corrected chi connectivity index (χ0v) is 12.2. The zero-order chi connectivity index (χ0) is 13.5. The first-order chi connectivity index (χ1) is 9.29. The van der Waals surface area contributed by atoms with Gasteiger partial charge in [0.2, 0.25) is 0 Å². The highest BCUT2D eigenvalue weighted by atomic mass is 32.1. The maximum absolute atomic E-state index is 5.69. The first-order valence-corrected chi connectivity index (χ1v) is 7.52. The van der Waals surface area contributed by atoms with Crippen LogP contribution in [0.5, 0.6) is 5.75 Å². The summed E-state index contributed by atoms with van der Waals surface area (Å²) in [5.74, 6) is 0.890. The molecule has 1 unspecified atom stereocenters. The maximum Gasteiger partial charge on any atom is 0.140 e. The number of hydrogen-bond donors (Lipinski definition) is 1. The minimum Gasteiger partial charge on any atom is -0.486 e. The number of nitrogens with zero attached hydrogens (tertiary/aromatic N) is 1. The average molecular weight is 276 g/mol. The Bertz CT molecular complexity index is 467. The molecule has 0 aliphatic heterocycles. The number of nitrogens with one attached hydrogen (secondary N) is 1. The lowest BCUT2D eigenvalue weighted by atomic mass is 10.1. The molecule has 0 spiro atoms. The fourth-order valence-corrected chi connectivity index (χ4v) is 2.33. The second-order valence-electron chi connectivity index (χ2n) is 4.46. The van der Waals surface area contributed by atoms with Gasteiger partial charge in [-0.25, -0.2) is 4.98 Å². The van der Waals surface area contributed by atoms with E-state index >= 15 is 0 Å². The van der Waals surface area contributed by atoms with Gasteiger partial charge in [0.05, 0.1) is 0 Å². The summed E-state index contributed by atoms with van der Waals surface area (Å²) < 4.78 is 5.69. The highest BCUT2D eigenvalue weighted by Crippen LogP contribution is 2.19. The Morgan fingerprint density at radius 2 is 2.11 bits per heavy atom. The molecule has 4 heteroatoms. The number of rotatable bonds is 7. The van der Waals surface area contributed by atoms with Crippen molar-refractivity contribution in [3.05, 3.63) is 46.4 Å². The van der Waals surface area contributed by atoms with E-state index < -0.39 is 0 Å². The summed E-state index contributed by atoms with van der Waals surface area (Å²) in [6.07, 6.45) is 2.95. The van der Waals surface area contributed by atoms with Crippen LogP contribution in [-0.2, 0) is 6.61 Å². The number of benzene rings is 1. The molecule has 0 bridgehead atoms. The van der Waals surface area contributed by atoms with E-state index in [9.17, 15) is 0 Å². The van der Waals surface area contributed by atoms with Gasteiger partial charge in [0.25, 0.3) is 0 Å². The second kappa shape index (κ2) is 7.26. The standard InChI is InChI=1S/C15H20N2OS/c1-3-8-16-12(2)13-4-6-14(7-5-13)18-11-15-17-9-10-19-15/h4-7,9-10,12,16H,3,8,11H2,1-2H3. The minimum absolute atomic E-state index is 0.382. The Hall–Kier alpha value is -1.39. The lowest BCUT2D eigenvalue weighted by Gasteiger charge is -2.14. The van der Waals surface area contributed by atoms with Crippen molar-refractivity contribution in [3.8, 4) is 5.75 Å².